The van der Waals surface area contributed by atoms with Crippen LogP contribution in [0.1, 0.15) is 17.4 Å². The van der Waals surface area contributed by atoms with Gasteiger partial charge in [-0.2, -0.15) is 5.10 Å². The van der Waals surface area contributed by atoms with Crippen molar-refractivity contribution in [1.29, 1.82) is 0 Å². The number of hydrogen-bond donors (Lipinski definition) is 4. The van der Waals surface area contributed by atoms with Gasteiger partial charge in [0.2, 0.25) is 0 Å². The van der Waals surface area contributed by atoms with Crippen LogP contribution >= 0.6 is 11.3 Å². The summed E-state index contributed by atoms with van der Waals surface area (Å²) < 4.78 is 46.9. The third-order valence-electron chi connectivity index (χ3n) is 4.98. The summed E-state index contributed by atoms with van der Waals surface area (Å²) in [4.78, 5) is 0. The number of rotatable bonds is 10. The van der Waals surface area contributed by atoms with Crippen molar-refractivity contribution in [1.82, 2.24) is 15.5 Å². The number of benzene rings is 2. The van der Waals surface area contributed by atoms with E-state index in [9.17, 15) is 17.9 Å². The number of anilines is 1. The van der Waals surface area contributed by atoms with Gasteiger partial charge in [-0.25, -0.2) is 12.8 Å². The predicted molar refractivity (Wildman–Crippen MR) is 126 cm³/mol. The Balaban J connectivity index is 1.29. The van der Waals surface area contributed by atoms with Crippen LogP contribution in [0.15, 0.2) is 58.1 Å². The van der Waals surface area contributed by atoms with Crippen LogP contribution in [0.2, 0.25) is 0 Å². The SMILES string of the molecule is Cc1[nH]nc2cc(OCCNC[C@H](O)c3ccc(F)c(NS(=O)(=O)c4cccs4)c3)ccc12. The standard InChI is InChI=1S/C22H23FN4O4S2/c1-14-17-6-5-16(12-19(17)26-25-14)31-9-8-24-13-21(28)15-4-7-18(23)20(11-15)27-33(29,30)22-3-2-10-32-22/h2-7,10-12,21,24,27-28H,8-9,13H2,1H3,(H,25,26)/t21-/m0/s1. The topological polar surface area (TPSA) is 116 Å². The number of aromatic nitrogens is 2. The van der Waals surface area contributed by atoms with Crippen molar-refractivity contribution >= 4 is 38.0 Å². The average Bonchev–Trinajstić information content (AvgIpc) is 3.46. The Labute approximate surface area is 194 Å². The minimum atomic E-state index is -3.89. The number of H-pyrrole nitrogens is 1. The lowest BCUT2D eigenvalue weighted by molar-refractivity contribution is 0.172. The maximum atomic E-state index is 14.2. The molecule has 0 unspecified atom stereocenters. The molecule has 11 heteroatoms. The molecule has 8 nitrogen and oxygen atoms in total. The first kappa shape index (κ1) is 23.2. The molecule has 4 aromatic rings. The number of nitrogens with one attached hydrogen (secondary N) is 3. The fourth-order valence-electron chi connectivity index (χ4n) is 3.25. The van der Waals surface area contributed by atoms with Crippen LogP contribution in [0.4, 0.5) is 10.1 Å². The van der Waals surface area contributed by atoms with E-state index in [2.05, 4.69) is 20.2 Å². The summed E-state index contributed by atoms with van der Waals surface area (Å²) in [7, 11) is -3.89. The van der Waals surface area contributed by atoms with Crippen molar-refractivity contribution in [2.75, 3.05) is 24.4 Å². The number of aromatic amines is 1. The van der Waals surface area contributed by atoms with Crippen LogP contribution in [0.25, 0.3) is 10.9 Å². The molecule has 4 rings (SSSR count). The van der Waals surface area contributed by atoms with Gasteiger partial charge in [-0.05, 0) is 48.2 Å². The molecule has 0 saturated heterocycles. The summed E-state index contributed by atoms with van der Waals surface area (Å²) >= 11 is 1.03. The van der Waals surface area contributed by atoms with Gasteiger partial charge < -0.3 is 15.2 Å². The fourth-order valence-corrected chi connectivity index (χ4v) is 5.30. The zero-order valence-corrected chi connectivity index (χ0v) is 19.3. The van der Waals surface area contributed by atoms with E-state index >= 15 is 0 Å². The Morgan fingerprint density at radius 1 is 1.24 bits per heavy atom. The smallest absolute Gasteiger partial charge is 0.271 e. The third kappa shape index (κ3) is 5.50. The van der Waals surface area contributed by atoms with Crippen molar-refractivity contribution in [3.63, 3.8) is 0 Å². The quantitative estimate of drug-likeness (QED) is 0.253. The molecule has 2 aromatic heterocycles. The van der Waals surface area contributed by atoms with Crippen LogP contribution < -0.4 is 14.8 Å². The molecule has 0 aliphatic heterocycles. The highest BCUT2D eigenvalue weighted by atomic mass is 32.2. The first-order chi connectivity index (χ1) is 15.8. The summed E-state index contributed by atoms with van der Waals surface area (Å²) in [6.45, 7) is 2.97. The number of aliphatic hydroxyl groups is 1. The Hall–Kier alpha value is -2.99. The highest BCUT2D eigenvalue weighted by Crippen LogP contribution is 2.25. The molecule has 33 heavy (non-hydrogen) atoms. The number of aryl methyl sites for hydroxylation is 1. The Kier molecular flexibility index (Phi) is 6.94. The lowest BCUT2D eigenvalue weighted by atomic mass is 10.1. The lowest BCUT2D eigenvalue weighted by Gasteiger charge is -2.15. The van der Waals surface area contributed by atoms with E-state index in [4.69, 9.17) is 4.74 Å². The van der Waals surface area contributed by atoms with Gasteiger partial charge >= 0.3 is 0 Å². The Morgan fingerprint density at radius 3 is 2.88 bits per heavy atom. The summed E-state index contributed by atoms with van der Waals surface area (Å²) in [5.74, 6) is -0.0333. The second-order valence-corrected chi connectivity index (χ2v) is 10.2. The number of ether oxygens (including phenoxy) is 1. The summed E-state index contributed by atoms with van der Waals surface area (Å²) in [6, 6.07) is 12.5. The van der Waals surface area contributed by atoms with Crippen molar-refractivity contribution in [2.45, 2.75) is 17.2 Å². The maximum Gasteiger partial charge on any atom is 0.271 e. The summed E-state index contributed by atoms with van der Waals surface area (Å²) in [5, 5.41) is 23.3. The maximum absolute atomic E-state index is 14.2. The fraction of sp³-hybridized carbons (Fsp3) is 0.227. The first-order valence-electron chi connectivity index (χ1n) is 10.2. The molecule has 0 aliphatic rings. The van der Waals surface area contributed by atoms with Gasteiger partial charge in [0.25, 0.3) is 10.0 Å². The first-order valence-corrected chi connectivity index (χ1v) is 12.5. The molecular weight excluding hydrogens is 467 g/mol. The van der Waals surface area contributed by atoms with Gasteiger partial charge in [0.1, 0.15) is 22.4 Å². The molecule has 2 heterocycles. The van der Waals surface area contributed by atoms with E-state index in [1.807, 2.05) is 25.1 Å². The zero-order valence-electron chi connectivity index (χ0n) is 17.7. The van der Waals surface area contributed by atoms with Gasteiger partial charge in [-0.15, -0.1) is 11.3 Å². The van der Waals surface area contributed by atoms with Crippen LogP contribution in [-0.2, 0) is 10.0 Å². The molecule has 0 saturated carbocycles. The molecule has 4 N–H and O–H groups in total. The number of hydrogen-bond acceptors (Lipinski definition) is 7. The molecule has 1 atom stereocenters. The largest absolute Gasteiger partial charge is 0.492 e. The highest BCUT2D eigenvalue weighted by molar-refractivity contribution is 7.94. The summed E-state index contributed by atoms with van der Waals surface area (Å²) in [6.07, 6.45) is -0.959. The number of sulfonamides is 1. The molecule has 0 bridgehead atoms. The number of halogens is 1. The Bertz CT molecular complexity index is 1340. The van der Waals surface area contributed by atoms with Crippen molar-refractivity contribution in [3.8, 4) is 5.75 Å². The molecule has 0 spiro atoms. The van der Waals surface area contributed by atoms with E-state index in [0.717, 1.165) is 34.0 Å². The monoisotopic (exact) mass is 490 g/mol. The van der Waals surface area contributed by atoms with Crippen LogP contribution in [0.3, 0.4) is 0 Å². The zero-order chi connectivity index (χ0) is 23.4. The Morgan fingerprint density at radius 2 is 2.09 bits per heavy atom. The van der Waals surface area contributed by atoms with Gasteiger partial charge in [-0.1, -0.05) is 12.1 Å². The van der Waals surface area contributed by atoms with E-state index in [0.29, 0.717) is 24.5 Å². The van der Waals surface area contributed by atoms with Crippen molar-refractivity contribution in [3.05, 3.63) is 71.0 Å². The average molecular weight is 491 g/mol. The van der Waals surface area contributed by atoms with Crippen LogP contribution in [0, 0.1) is 12.7 Å². The minimum absolute atomic E-state index is 0.0797. The predicted octanol–water partition coefficient (Wildman–Crippen LogP) is 3.57. The number of thiophene rings is 1. The lowest BCUT2D eigenvalue weighted by Crippen LogP contribution is -2.26. The molecule has 0 aliphatic carbocycles. The second kappa shape index (κ2) is 9.87. The molecular formula is C22H23FN4O4S2. The highest BCUT2D eigenvalue weighted by Gasteiger charge is 2.19. The number of nitrogens with zero attached hydrogens (tertiary/aromatic N) is 1. The van der Waals surface area contributed by atoms with E-state index in [1.165, 1.54) is 18.2 Å². The van der Waals surface area contributed by atoms with Crippen LogP contribution in [-0.4, -0.2) is 43.4 Å². The van der Waals surface area contributed by atoms with Gasteiger partial charge in [0, 0.05) is 30.2 Å². The molecule has 0 radical (unpaired) electrons. The van der Waals surface area contributed by atoms with Gasteiger partial charge in [-0.3, -0.25) is 9.82 Å². The number of fused-ring (bicyclic) bond motifs is 1. The summed E-state index contributed by atoms with van der Waals surface area (Å²) in [5.41, 5.74) is 1.99. The third-order valence-corrected chi connectivity index (χ3v) is 7.74. The van der Waals surface area contributed by atoms with Crippen LogP contribution in [0.5, 0.6) is 5.75 Å². The van der Waals surface area contributed by atoms with Crippen molar-refractivity contribution < 1.29 is 22.7 Å². The second-order valence-electron chi connectivity index (χ2n) is 7.37. The normalized spacial score (nSPS) is 12.7. The van der Waals surface area contributed by atoms with Crippen molar-refractivity contribution in [2.24, 2.45) is 0 Å². The van der Waals surface area contributed by atoms with E-state index in [1.54, 1.807) is 11.4 Å². The van der Waals surface area contributed by atoms with E-state index in [-0.39, 0.29) is 16.4 Å². The minimum Gasteiger partial charge on any atom is -0.492 e. The van der Waals surface area contributed by atoms with Gasteiger partial charge in [0.05, 0.1) is 17.3 Å². The molecule has 0 amide bonds. The van der Waals surface area contributed by atoms with E-state index < -0.39 is 21.9 Å². The van der Waals surface area contributed by atoms with Gasteiger partial charge in [0.15, 0.2) is 0 Å². The molecule has 2 aromatic carbocycles. The molecule has 174 valence electrons. The number of aliphatic hydroxyl groups excluding tert-OH is 1. The molecule has 0 fully saturated rings.